The molecule has 1 saturated heterocycles. The molecule has 3 heterocycles. The van der Waals surface area contributed by atoms with E-state index in [2.05, 4.69) is 10.2 Å². The maximum absolute atomic E-state index is 13.7. The summed E-state index contributed by atoms with van der Waals surface area (Å²) in [5.74, 6) is 0.388. The highest BCUT2D eigenvalue weighted by atomic mass is 35.5. The van der Waals surface area contributed by atoms with Gasteiger partial charge in [0.05, 0.1) is 24.8 Å². The summed E-state index contributed by atoms with van der Waals surface area (Å²) in [5.41, 5.74) is 1.63. The van der Waals surface area contributed by atoms with Gasteiger partial charge in [-0.3, -0.25) is 14.5 Å². The monoisotopic (exact) mass is 665 g/mol. The lowest BCUT2D eigenvalue weighted by atomic mass is 9.95. The molecule has 4 aromatic rings. The number of hydrogen-bond donors (Lipinski definition) is 1. The van der Waals surface area contributed by atoms with E-state index < -0.39 is 17.7 Å². The van der Waals surface area contributed by atoms with Crippen LogP contribution >= 0.6 is 34.7 Å². The Bertz CT molecular complexity index is 1790. The maximum atomic E-state index is 13.7. The quantitative estimate of drug-likeness (QED) is 0.0646. The second-order valence-corrected chi connectivity index (χ2v) is 12.4. The Hall–Kier alpha value is -4.26. The predicted octanol–water partition coefficient (Wildman–Crippen LogP) is 6.68. The SMILES string of the molecule is CCOc1ccc(C2/C(=C(\O)c3ccc4c(c3)OCCO4)C(=O)C(=O)N2c2nnc(SCc3ccccc3Cl)s2)cc1OCC. The number of ketones is 1. The van der Waals surface area contributed by atoms with Gasteiger partial charge >= 0.3 is 5.91 Å². The minimum absolute atomic E-state index is 0.108. The number of carbonyl (C=O) groups excluding carboxylic acids is 2. The van der Waals surface area contributed by atoms with Crippen LogP contribution in [0.1, 0.15) is 36.6 Å². The first-order valence-corrected chi connectivity index (χ1v) is 16.4. The van der Waals surface area contributed by atoms with Gasteiger partial charge in [0.2, 0.25) is 5.13 Å². The number of aliphatic hydroxyl groups is 1. The van der Waals surface area contributed by atoms with E-state index in [1.807, 2.05) is 38.1 Å². The van der Waals surface area contributed by atoms with Gasteiger partial charge in [0.15, 0.2) is 27.3 Å². The molecule has 10 nitrogen and oxygen atoms in total. The predicted molar refractivity (Wildman–Crippen MR) is 172 cm³/mol. The molecule has 45 heavy (non-hydrogen) atoms. The largest absolute Gasteiger partial charge is 0.507 e. The van der Waals surface area contributed by atoms with Gasteiger partial charge in [-0.25, -0.2) is 0 Å². The van der Waals surface area contributed by atoms with Gasteiger partial charge in [-0.2, -0.15) is 0 Å². The van der Waals surface area contributed by atoms with E-state index in [1.54, 1.807) is 36.4 Å². The molecule has 1 amide bonds. The molecule has 0 saturated carbocycles. The number of aromatic nitrogens is 2. The standard InChI is InChI=1S/C32H28ClN3O7S2/c1-3-40-22-11-9-18(15-24(22)41-4-2)27-26(28(37)19-10-12-23-25(16-19)43-14-13-42-23)29(38)30(39)36(27)31-34-35-32(45-31)44-17-20-7-5-6-8-21(20)33/h5-12,15-16,27,37H,3-4,13-14,17H2,1-2H3/b28-26+. The van der Waals surface area contributed by atoms with Gasteiger partial charge in [0, 0.05) is 16.3 Å². The summed E-state index contributed by atoms with van der Waals surface area (Å²) in [7, 11) is 0. The summed E-state index contributed by atoms with van der Waals surface area (Å²) in [6, 6.07) is 16.5. The molecule has 1 unspecified atom stereocenters. The molecule has 0 bridgehead atoms. The van der Waals surface area contributed by atoms with Crippen LogP contribution in [0.2, 0.25) is 5.02 Å². The number of carbonyl (C=O) groups is 2. The third-order valence-electron chi connectivity index (χ3n) is 7.05. The molecule has 2 aliphatic rings. The number of thioether (sulfide) groups is 1. The van der Waals surface area contributed by atoms with Crippen LogP contribution in [0.4, 0.5) is 5.13 Å². The van der Waals surface area contributed by atoms with E-state index in [1.165, 1.54) is 28.0 Å². The van der Waals surface area contributed by atoms with Gasteiger partial charge in [0.25, 0.3) is 5.78 Å². The van der Waals surface area contributed by atoms with Crippen molar-refractivity contribution in [2.24, 2.45) is 0 Å². The number of amides is 1. The maximum Gasteiger partial charge on any atom is 0.301 e. The number of ether oxygens (including phenoxy) is 4. The molecule has 6 rings (SSSR count). The zero-order valence-corrected chi connectivity index (χ0v) is 26.7. The van der Waals surface area contributed by atoms with Crippen molar-refractivity contribution in [2.45, 2.75) is 30.0 Å². The topological polar surface area (TPSA) is 120 Å². The Kier molecular flexibility index (Phi) is 9.15. The van der Waals surface area contributed by atoms with Gasteiger partial charge < -0.3 is 24.1 Å². The number of anilines is 1. The van der Waals surface area contributed by atoms with Crippen LogP contribution in [-0.2, 0) is 15.3 Å². The third-order valence-corrected chi connectivity index (χ3v) is 9.53. The first kappa shape index (κ1) is 30.8. The van der Waals surface area contributed by atoms with E-state index in [0.29, 0.717) is 75.7 Å². The summed E-state index contributed by atoms with van der Waals surface area (Å²) in [6.45, 7) is 5.25. The van der Waals surface area contributed by atoms with Crippen molar-refractivity contribution in [1.29, 1.82) is 0 Å². The molecule has 2 aliphatic heterocycles. The summed E-state index contributed by atoms with van der Waals surface area (Å²) in [4.78, 5) is 28.7. The first-order valence-electron chi connectivity index (χ1n) is 14.2. The second kappa shape index (κ2) is 13.4. The van der Waals surface area contributed by atoms with E-state index in [4.69, 9.17) is 30.5 Å². The number of nitrogens with zero attached hydrogens (tertiary/aromatic N) is 3. The van der Waals surface area contributed by atoms with Crippen molar-refractivity contribution >= 4 is 57.3 Å². The zero-order chi connectivity index (χ0) is 31.5. The highest BCUT2D eigenvalue weighted by Crippen LogP contribution is 2.46. The van der Waals surface area contributed by atoms with Crippen LogP contribution in [0.15, 0.2) is 70.6 Å². The van der Waals surface area contributed by atoms with Crippen LogP contribution < -0.4 is 23.8 Å². The summed E-state index contributed by atoms with van der Waals surface area (Å²) >= 11 is 8.90. The van der Waals surface area contributed by atoms with E-state index in [9.17, 15) is 14.7 Å². The van der Waals surface area contributed by atoms with Crippen molar-refractivity contribution in [1.82, 2.24) is 10.2 Å². The normalized spacial score (nSPS) is 17.0. The number of fused-ring (bicyclic) bond motifs is 1. The lowest BCUT2D eigenvalue weighted by Gasteiger charge is -2.24. The van der Waals surface area contributed by atoms with Crippen LogP contribution in [0.3, 0.4) is 0 Å². The molecule has 3 aromatic carbocycles. The zero-order valence-electron chi connectivity index (χ0n) is 24.3. The number of hydrogen-bond acceptors (Lipinski definition) is 11. The van der Waals surface area contributed by atoms with Crippen LogP contribution in [-0.4, -0.2) is 53.4 Å². The molecule has 1 fully saturated rings. The number of Topliss-reactive ketones (excluding diaryl/α,β-unsaturated/α-hetero) is 1. The minimum atomic E-state index is -1.04. The van der Waals surface area contributed by atoms with E-state index in [0.717, 1.165) is 5.56 Å². The Morgan fingerprint density at radius 1 is 1.00 bits per heavy atom. The molecular weight excluding hydrogens is 638 g/mol. The smallest absolute Gasteiger partial charge is 0.301 e. The summed E-state index contributed by atoms with van der Waals surface area (Å²) in [6.07, 6.45) is 0. The van der Waals surface area contributed by atoms with Gasteiger partial charge in [0.1, 0.15) is 19.0 Å². The Balaban J connectivity index is 1.43. The van der Waals surface area contributed by atoms with Crippen LogP contribution in [0.5, 0.6) is 23.0 Å². The number of aliphatic hydroxyl groups excluding tert-OH is 1. The molecule has 0 radical (unpaired) electrons. The fourth-order valence-corrected chi connectivity index (χ4v) is 7.20. The Morgan fingerprint density at radius 2 is 1.76 bits per heavy atom. The van der Waals surface area contributed by atoms with E-state index in [-0.39, 0.29) is 16.5 Å². The van der Waals surface area contributed by atoms with Crippen molar-refractivity contribution in [3.63, 3.8) is 0 Å². The molecule has 1 atom stereocenters. The van der Waals surface area contributed by atoms with Crippen LogP contribution in [0.25, 0.3) is 5.76 Å². The minimum Gasteiger partial charge on any atom is -0.507 e. The van der Waals surface area contributed by atoms with Crippen molar-refractivity contribution in [3.05, 3.63) is 87.9 Å². The number of halogens is 1. The molecule has 1 N–H and O–H groups in total. The Morgan fingerprint density at radius 3 is 2.53 bits per heavy atom. The van der Waals surface area contributed by atoms with Crippen molar-refractivity contribution in [2.75, 3.05) is 31.3 Å². The third kappa shape index (κ3) is 6.18. The number of benzene rings is 3. The van der Waals surface area contributed by atoms with Crippen molar-refractivity contribution < 1.29 is 33.6 Å². The molecular formula is C32H28ClN3O7S2. The average Bonchev–Trinajstić information content (AvgIpc) is 3.62. The van der Waals surface area contributed by atoms with Gasteiger partial charge in [-0.1, -0.05) is 59.0 Å². The molecule has 13 heteroatoms. The Labute approximate surface area is 272 Å². The molecule has 0 spiro atoms. The van der Waals surface area contributed by atoms with Gasteiger partial charge in [-0.15, -0.1) is 10.2 Å². The van der Waals surface area contributed by atoms with Gasteiger partial charge in [-0.05, 0) is 61.4 Å². The summed E-state index contributed by atoms with van der Waals surface area (Å²) in [5, 5.41) is 21.1. The van der Waals surface area contributed by atoms with E-state index >= 15 is 0 Å². The summed E-state index contributed by atoms with van der Waals surface area (Å²) < 4.78 is 23.5. The number of rotatable bonds is 10. The average molecular weight is 666 g/mol. The molecule has 232 valence electrons. The lowest BCUT2D eigenvalue weighted by molar-refractivity contribution is -0.132. The highest BCUT2D eigenvalue weighted by molar-refractivity contribution is 8.00. The molecule has 0 aliphatic carbocycles. The highest BCUT2D eigenvalue weighted by Gasteiger charge is 2.48. The lowest BCUT2D eigenvalue weighted by Crippen LogP contribution is -2.29. The molecule has 1 aromatic heterocycles. The van der Waals surface area contributed by atoms with Crippen LogP contribution in [0, 0.1) is 0 Å². The van der Waals surface area contributed by atoms with Crippen molar-refractivity contribution in [3.8, 4) is 23.0 Å². The first-order chi connectivity index (χ1) is 21.9. The fraction of sp³-hybridized carbons (Fsp3) is 0.250. The fourth-order valence-electron chi connectivity index (χ4n) is 5.04. The second-order valence-electron chi connectivity index (χ2n) is 9.83.